The van der Waals surface area contributed by atoms with Crippen LogP contribution in [-0.2, 0) is 4.79 Å². The summed E-state index contributed by atoms with van der Waals surface area (Å²) in [6, 6.07) is 0. The fourth-order valence-electron chi connectivity index (χ4n) is 1.70. The van der Waals surface area contributed by atoms with Crippen molar-refractivity contribution in [3.63, 3.8) is 0 Å². The molecule has 0 aromatic carbocycles. The van der Waals surface area contributed by atoms with E-state index in [0.717, 1.165) is 25.9 Å². The minimum Gasteiger partial charge on any atom is -0.343 e. The number of carbonyl (C=O) groups is 1. The van der Waals surface area contributed by atoms with Gasteiger partial charge in [0.15, 0.2) is 0 Å². The molecule has 1 aliphatic rings. The molecule has 0 atom stereocenters. The molecule has 0 saturated carbocycles. The predicted molar refractivity (Wildman–Crippen MR) is 57.7 cm³/mol. The summed E-state index contributed by atoms with van der Waals surface area (Å²) in [7, 11) is 0. The summed E-state index contributed by atoms with van der Waals surface area (Å²) >= 11 is 0. The Morgan fingerprint density at radius 3 is 2.50 bits per heavy atom. The number of terminal acetylenes is 1. The van der Waals surface area contributed by atoms with E-state index in [4.69, 9.17) is 6.42 Å². The van der Waals surface area contributed by atoms with Crippen molar-refractivity contribution < 1.29 is 4.79 Å². The van der Waals surface area contributed by atoms with Crippen LogP contribution in [0, 0.1) is 17.8 Å². The molecule has 1 saturated heterocycles. The van der Waals surface area contributed by atoms with Crippen molar-refractivity contribution >= 4 is 5.91 Å². The molecule has 1 amide bonds. The van der Waals surface area contributed by atoms with Crippen LogP contribution < -0.4 is 0 Å². The molecule has 0 radical (unpaired) electrons. The molecule has 14 heavy (non-hydrogen) atoms. The minimum absolute atomic E-state index is 0.221. The lowest BCUT2D eigenvalue weighted by molar-refractivity contribution is -0.133. The average Bonchev–Trinajstić information content (AvgIpc) is 2.14. The van der Waals surface area contributed by atoms with Gasteiger partial charge in [0.25, 0.3) is 0 Å². The van der Waals surface area contributed by atoms with Gasteiger partial charge in [-0.2, -0.15) is 0 Å². The molecule has 0 unspecified atom stereocenters. The molecule has 2 nitrogen and oxygen atoms in total. The van der Waals surface area contributed by atoms with E-state index in [1.807, 2.05) is 4.90 Å². The van der Waals surface area contributed by atoms with Crippen molar-refractivity contribution in [3.05, 3.63) is 0 Å². The SMILES string of the molecule is C#CCCC(=O)N1CCC(C)(C)CC1. The van der Waals surface area contributed by atoms with Crippen LogP contribution in [0.5, 0.6) is 0 Å². The van der Waals surface area contributed by atoms with E-state index in [9.17, 15) is 4.79 Å². The van der Waals surface area contributed by atoms with E-state index in [0.29, 0.717) is 18.3 Å². The molecule has 0 bridgehead atoms. The second-order valence-electron chi connectivity index (χ2n) is 4.75. The molecule has 78 valence electrons. The highest BCUT2D eigenvalue weighted by atomic mass is 16.2. The van der Waals surface area contributed by atoms with Crippen LogP contribution in [0.1, 0.15) is 39.5 Å². The molecule has 0 aromatic heterocycles. The van der Waals surface area contributed by atoms with E-state index < -0.39 is 0 Å². The van der Waals surface area contributed by atoms with Crippen LogP contribution in [0.25, 0.3) is 0 Å². The van der Waals surface area contributed by atoms with Crippen molar-refractivity contribution in [1.29, 1.82) is 0 Å². The first-order chi connectivity index (χ1) is 6.55. The van der Waals surface area contributed by atoms with Crippen molar-refractivity contribution in [2.24, 2.45) is 5.41 Å². The van der Waals surface area contributed by atoms with Gasteiger partial charge in [-0.1, -0.05) is 13.8 Å². The summed E-state index contributed by atoms with van der Waals surface area (Å²) in [6.45, 7) is 6.32. The van der Waals surface area contributed by atoms with Crippen LogP contribution in [0.4, 0.5) is 0 Å². The van der Waals surface area contributed by atoms with Gasteiger partial charge >= 0.3 is 0 Å². The number of carbonyl (C=O) groups excluding carboxylic acids is 1. The number of hydrogen-bond acceptors (Lipinski definition) is 1. The van der Waals surface area contributed by atoms with E-state index in [1.54, 1.807) is 0 Å². The van der Waals surface area contributed by atoms with Crippen LogP contribution in [0.2, 0.25) is 0 Å². The number of piperidine rings is 1. The third-order valence-corrected chi connectivity index (χ3v) is 2.95. The number of rotatable bonds is 2. The summed E-state index contributed by atoms with van der Waals surface area (Å²) in [6.07, 6.45) is 8.42. The molecule has 0 aromatic rings. The topological polar surface area (TPSA) is 20.3 Å². The maximum Gasteiger partial charge on any atom is 0.223 e. The lowest BCUT2D eigenvalue weighted by Crippen LogP contribution is -2.40. The molecule has 1 heterocycles. The Balaban J connectivity index is 2.35. The lowest BCUT2D eigenvalue weighted by atomic mass is 9.82. The van der Waals surface area contributed by atoms with Gasteiger partial charge < -0.3 is 4.90 Å². The lowest BCUT2D eigenvalue weighted by Gasteiger charge is -2.36. The van der Waals surface area contributed by atoms with Gasteiger partial charge in [-0.3, -0.25) is 4.79 Å². The first-order valence-corrected chi connectivity index (χ1v) is 5.26. The van der Waals surface area contributed by atoms with Crippen molar-refractivity contribution in [2.45, 2.75) is 39.5 Å². The van der Waals surface area contributed by atoms with E-state index >= 15 is 0 Å². The standard InChI is InChI=1S/C12H19NO/c1-4-5-6-11(14)13-9-7-12(2,3)8-10-13/h1H,5-10H2,2-3H3. The smallest absolute Gasteiger partial charge is 0.223 e. The fourth-order valence-corrected chi connectivity index (χ4v) is 1.70. The van der Waals surface area contributed by atoms with Crippen molar-refractivity contribution in [1.82, 2.24) is 4.90 Å². The summed E-state index contributed by atoms with van der Waals surface area (Å²) in [5.74, 6) is 2.73. The number of amides is 1. The number of hydrogen-bond donors (Lipinski definition) is 0. The van der Waals surface area contributed by atoms with Crippen LogP contribution in [0.15, 0.2) is 0 Å². The monoisotopic (exact) mass is 193 g/mol. The van der Waals surface area contributed by atoms with E-state index in [1.165, 1.54) is 0 Å². The quantitative estimate of drug-likeness (QED) is 0.615. The third-order valence-electron chi connectivity index (χ3n) is 2.95. The molecular weight excluding hydrogens is 174 g/mol. The van der Waals surface area contributed by atoms with Gasteiger partial charge in [-0.05, 0) is 18.3 Å². The molecule has 0 N–H and O–H groups in total. The van der Waals surface area contributed by atoms with Crippen LogP contribution >= 0.6 is 0 Å². The molecule has 0 spiro atoms. The summed E-state index contributed by atoms with van der Waals surface area (Å²) in [5.41, 5.74) is 0.406. The highest BCUT2D eigenvalue weighted by Gasteiger charge is 2.27. The average molecular weight is 193 g/mol. The second kappa shape index (κ2) is 4.50. The van der Waals surface area contributed by atoms with Crippen LogP contribution in [-0.4, -0.2) is 23.9 Å². The third kappa shape index (κ3) is 3.06. The molecule has 1 fully saturated rings. The van der Waals surface area contributed by atoms with Gasteiger partial charge in [0, 0.05) is 25.9 Å². The van der Waals surface area contributed by atoms with Gasteiger partial charge in [0.05, 0.1) is 0 Å². The zero-order valence-corrected chi connectivity index (χ0v) is 9.18. The van der Waals surface area contributed by atoms with Crippen molar-refractivity contribution in [2.75, 3.05) is 13.1 Å². The maximum absolute atomic E-state index is 11.6. The first kappa shape index (κ1) is 11.1. The fraction of sp³-hybridized carbons (Fsp3) is 0.750. The number of nitrogens with zero attached hydrogens (tertiary/aromatic N) is 1. The molecule has 1 rings (SSSR count). The summed E-state index contributed by atoms with van der Waals surface area (Å²) < 4.78 is 0. The highest BCUT2D eigenvalue weighted by molar-refractivity contribution is 5.76. The van der Waals surface area contributed by atoms with Crippen molar-refractivity contribution in [3.8, 4) is 12.3 Å². The Morgan fingerprint density at radius 2 is 2.00 bits per heavy atom. The normalized spacial score (nSPS) is 20.2. The van der Waals surface area contributed by atoms with E-state index in [2.05, 4.69) is 19.8 Å². The highest BCUT2D eigenvalue weighted by Crippen LogP contribution is 2.29. The van der Waals surface area contributed by atoms with Gasteiger partial charge in [0.1, 0.15) is 0 Å². The molecular formula is C12H19NO. The van der Waals surface area contributed by atoms with Crippen LogP contribution in [0.3, 0.4) is 0 Å². The van der Waals surface area contributed by atoms with Gasteiger partial charge in [-0.15, -0.1) is 12.3 Å². The molecule has 0 aliphatic carbocycles. The zero-order valence-electron chi connectivity index (χ0n) is 9.18. The maximum atomic E-state index is 11.6. The first-order valence-electron chi connectivity index (χ1n) is 5.26. The largest absolute Gasteiger partial charge is 0.343 e. The van der Waals surface area contributed by atoms with Gasteiger partial charge in [-0.25, -0.2) is 0 Å². The predicted octanol–water partition coefficient (Wildman–Crippen LogP) is 2.05. The molecule has 1 aliphatic heterocycles. The summed E-state index contributed by atoms with van der Waals surface area (Å²) in [4.78, 5) is 13.5. The summed E-state index contributed by atoms with van der Waals surface area (Å²) in [5, 5.41) is 0. The van der Waals surface area contributed by atoms with Gasteiger partial charge in [0.2, 0.25) is 5.91 Å². The Kier molecular flexibility index (Phi) is 3.57. The Labute approximate surface area is 86.7 Å². The Morgan fingerprint density at radius 1 is 1.43 bits per heavy atom. The Hall–Kier alpha value is -0.970. The second-order valence-corrected chi connectivity index (χ2v) is 4.75. The Bertz CT molecular complexity index is 240. The minimum atomic E-state index is 0.221. The number of likely N-dealkylation sites (tertiary alicyclic amines) is 1. The van der Waals surface area contributed by atoms with E-state index in [-0.39, 0.29) is 5.91 Å². The molecule has 2 heteroatoms. The zero-order chi connectivity index (χ0) is 10.6.